The summed E-state index contributed by atoms with van der Waals surface area (Å²) in [5.74, 6) is -1.99. The molecule has 108 valence electrons. The van der Waals surface area contributed by atoms with Crippen molar-refractivity contribution in [3.8, 4) is 18.2 Å². The van der Waals surface area contributed by atoms with Crippen molar-refractivity contribution in [2.24, 2.45) is 10.8 Å². The fourth-order valence-corrected chi connectivity index (χ4v) is 2.73. The number of nitrogens with zero attached hydrogens (tertiary/aromatic N) is 4. The van der Waals surface area contributed by atoms with Gasteiger partial charge in [0.05, 0.1) is 36.2 Å². The number of hydrogen-bond donors (Lipinski definition) is 0. The molecule has 0 spiro atoms. The van der Waals surface area contributed by atoms with Crippen LogP contribution in [0.15, 0.2) is 24.3 Å². The van der Waals surface area contributed by atoms with E-state index >= 15 is 0 Å². The normalized spacial score (nSPS) is 24.2. The average molecular weight is 296 g/mol. The minimum Gasteiger partial charge on any atom is -0.468 e. The molecule has 0 bridgehead atoms. The van der Waals surface area contributed by atoms with Crippen molar-refractivity contribution in [1.82, 2.24) is 0 Å². The van der Waals surface area contributed by atoms with E-state index in [1.807, 2.05) is 0 Å². The van der Waals surface area contributed by atoms with Gasteiger partial charge in [-0.15, -0.1) is 0 Å². The summed E-state index contributed by atoms with van der Waals surface area (Å²) in [6.45, 7) is 0. The number of methoxy groups -OCH3 is 1. The van der Waals surface area contributed by atoms with E-state index in [0.717, 1.165) is 7.11 Å². The van der Waals surface area contributed by atoms with Gasteiger partial charge in [0.1, 0.15) is 0 Å². The number of esters is 1. The van der Waals surface area contributed by atoms with Gasteiger partial charge < -0.3 is 4.74 Å². The molecule has 8 heteroatoms. The van der Waals surface area contributed by atoms with Crippen molar-refractivity contribution < 1.29 is 14.5 Å². The molecule has 1 saturated carbocycles. The van der Waals surface area contributed by atoms with Gasteiger partial charge in [-0.05, 0) is 5.56 Å². The summed E-state index contributed by atoms with van der Waals surface area (Å²) in [4.78, 5) is 22.0. The van der Waals surface area contributed by atoms with Gasteiger partial charge in [-0.25, -0.2) is 0 Å². The highest BCUT2D eigenvalue weighted by atomic mass is 16.6. The maximum Gasteiger partial charge on any atom is 0.329 e. The molecule has 0 aromatic heterocycles. The van der Waals surface area contributed by atoms with Crippen LogP contribution in [0.3, 0.4) is 0 Å². The Balaban J connectivity index is 2.57. The summed E-state index contributed by atoms with van der Waals surface area (Å²) in [6, 6.07) is 10.2. The molecule has 1 fully saturated rings. The number of non-ortho nitro benzene ring substituents is 1. The van der Waals surface area contributed by atoms with Crippen molar-refractivity contribution in [1.29, 1.82) is 15.8 Å². The first-order valence-corrected chi connectivity index (χ1v) is 6.01. The Labute approximate surface area is 124 Å². The number of ether oxygens (including phenoxy) is 1. The molecular formula is C14H8N4O4. The number of nitro groups is 1. The number of hydrogen-bond acceptors (Lipinski definition) is 7. The largest absolute Gasteiger partial charge is 0.468 e. The zero-order chi connectivity index (χ0) is 16.5. The van der Waals surface area contributed by atoms with Crippen LogP contribution < -0.4 is 0 Å². The highest BCUT2D eigenvalue weighted by Crippen LogP contribution is 2.74. The lowest BCUT2D eigenvalue weighted by atomic mass is 9.97. The SMILES string of the molecule is COC(=O)[C@@]1(C#N)[C@@H](c2ccc([N+](=O)[O-])cc2)C1(C#N)C#N. The summed E-state index contributed by atoms with van der Waals surface area (Å²) in [5.41, 5.74) is -3.66. The molecule has 2 rings (SSSR count). The summed E-state index contributed by atoms with van der Waals surface area (Å²) in [7, 11) is 1.06. The maximum atomic E-state index is 12.0. The number of benzene rings is 1. The molecule has 1 aromatic carbocycles. The minimum atomic E-state index is -1.93. The lowest BCUT2D eigenvalue weighted by Gasteiger charge is -2.05. The Morgan fingerprint density at radius 1 is 1.23 bits per heavy atom. The van der Waals surface area contributed by atoms with Crippen molar-refractivity contribution in [3.05, 3.63) is 39.9 Å². The van der Waals surface area contributed by atoms with E-state index in [4.69, 9.17) is 0 Å². The number of carbonyl (C=O) groups excluding carboxylic acids is 1. The fraction of sp³-hybridized carbons (Fsp3) is 0.286. The van der Waals surface area contributed by atoms with Crippen LogP contribution in [0.25, 0.3) is 0 Å². The molecule has 0 aliphatic heterocycles. The Morgan fingerprint density at radius 3 is 2.14 bits per heavy atom. The van der Waals surface area contributed by atoms with Crippen LogP contribution in [0.2, 0.25) is 0 Å². The van der Waals surface area contributed by atoms with Crippen LogP contribution in [-0.4, -0.2) is 18.0 Å². The van der Waals surface area contributed by atoms with E-state index in [-0.39, 0.29) is 5.69 Å². The van der Waals surface area contributed by atoms with Crippen LogP contribution in [0.4, 0.5) is 5.69 Å². The van der Waals surface area contributed by atoms with Crippen LogP contribution >= 0.6 is 0 Å². The fourth-order valence-electron chi connectivity index (χ4n) is 2.73. The van der Waals surface area contributed by atoms with Crippen molar-refractivity contribution in [3.63, 3.8) is 0 Å². The van der Waals surface area contributed by atoms with E-state index in [1.165, 1.54) is 24.3 Å². The van der Waals surface area contributed by atoms with E-state index in [9.17, 15) is 30.7 Å². The predicted octanol–water partition coefficient (Wildman–Crippen LogP) is 1.41. The van der Waals surface area contributed by atoms with E-state index in [0.29, 0.717) is 5.56 Å². The third-order valence-corrected chi connectivity index (χ3v) is 3.88. The summed E-state index contributed by atoms with van der Waals surface area (Å²) >= 11 is 0. The van der Waals surface area contributed by atoms with E-state index in [2.05, 4.69) is 4.74 Å². The van der Waals surface area contributed by atoms with Gasteiger partial charge in [0.25, 0.3) is 5.69 Å². The first-order chi connectivity index (χ1) is 10.4. The molecule has 0 N–H and O–H groups in total. The van der Waals surface area contributed by atoms with Crippen molar-refractivity contribution >= 4 is 11.7 Å². The van der Waals surface area contributed by atoms with Gasteiger partial charge in [-0.3, -0.25) is 14.9 Å². The molecule has 1 aromatic rings. The highest BCUT2D eigenvalue weighted by Gasteiger charge is 2.85. The molecule has 0 radical (unpaired) electrons. The van der Waals surface area contributed by atoms with Gasteiger partial charge in [0.2, 0.25) is 0 Å². The Bertz CT molecular complexity index is 767. The first-order valence-electron chi connectivity index (χ1n) is 6.01. The summed E-state index contributed by atoms with van der Waals surface area (Å²) in [5, 5.41) is 38.6. The molecule has 2 atom stereocenters. The molecule has 1 aliphatic rings. The maximum absolute atomic E-state index is 12.0. The standard InChI is InChI=1S/C14H8N4O4/c1-22-12(19)14(8-17)11(13(14,6-15)7-16)9-2-4-10(5-3-9)18(20)21/h2-5,11H,1H3/t11-,14+/m0/s1. The first kappa shape index (κ1) is 15.0. The summed E-state index contributed by atoms with van der Waals surface area (Å²) < 4.78 is 4.57. The molecule has 1 aliphatic carbocycles. The average Bonchev–Trinajstić information content (AvgIpc) is 3.17. The smallest absolute Gasteiger partial charge is 0.329 e. The van der Waals surface area contributed by atoms with Gasteiger partial charge >= 0.3 is 5.97 Å². The van der Waals surface area contributed by atoms with Crippen LogP contribution in [0.5, 0.6) is 0 Å². The minimum absolute atomic E-state index is 0.176. The van der Waals surface area contributed by atoms with Gasteiger partial charge in [0.15, 0.2) is 10.8 Å². The topological polar surface area (TPSA) is 141 Å². The third-order valence-electron chi connectivity index (χ3n) is 3.88. The Kier molecular flexibility index (Phi) is 3.29. The predicted molar refractivity (Wildman–Crippen MR) is 69.6 cm³/mol. The zero-order valence-corrected chi connectivity index (χ0v) is 11.3. The highest BCUT2D eigenvalue weighted by molar-refractivity contribution is 5.91. The van der Waals surface area contributed by atoms with Crippen LogP contribution in [0.1, 0.15) is 11.5 Å². The van der Waals surface area contributed by atoms with E-state index < -0.39 is 27.6 Å². The zero-order valence-electron chi connectivity index (χ0n) is 11.3. The number of carbonyl (C=O) groups is 1. The molecule has 0 unspecified atom stereocenters. The third kappa shape index (κ3) is 1.57. The van der Waals surface area contributed by atoms with E-state index in [1.54, 1.807) is 18.2 Å². The molecule has 0 amide bonds. The quantitative estimate of drug-likeness (QED) is 0.466. The van der Waals surface area contributed by atoms with Gasteiger partial charge in [0, 0.05) is 12.1 Å². The molecule has 0 heterocycles. The van der Waals surface area contributed by atoms with Crippen molar-refractivity contribution in [2.45, 2.75) is 5.92 Å². The number of rotatable bonds is 3. The van der Waals surface area contributed by atoms with Gasteiger partial charge in [-0.2, -0.15) is 15.8 Å². The second-order valence-electron chi connectivity index (χ2n) is 4.72. The number of nitriles is 3. The summed E-state index contributed by atoms with van der Waals surface area (Å²) in [6.07, 6.45) is 0. The monoisotopic (exact) mass is 296 g/mol. The number of nitro benzene ring substituents is 1. The van der Waals surface area contributed by atoms with Crippen LogP contribution in [0, 0.1) is 54.9 Å². The van der Waals surface area contributed by atoms with Gasteiger partial charge in [-0.1, -0.05) is 12.1 Å². The lowest BCUT2D eigenvalue weighted by molar-refractivity contribution is -0.384. The second-order valence-corrected chi connectivity index (χ2v) is 4.72. The molecule has 8 nitrogen and oxygen atoms in total. The Morgan fingerprint density at radius 2 is 1.77 bits per heavy atom. The second kappa shape index (κ2) is 4.83. The van der Waals surface area contributed by atoms with Crippen molar-refractivity contribution in [2.75, 3.05) is 7.11 Å². The molecule has 22 heavy (non-hydrogen) atoms. The molecular weight excluding hydrogens is 288 g/mol. The Hall–Kier alpha value is -3.44. The molecule has 0 saturated heterocycles. The van der Waals surface area contributed by atoms with Crippen LogP contribution in [-0.2, 0) is 9.53 Å². The lowest BCUT2D eigenvalue weighted by Crippen LogP contribution is -2.22.